The summed E-state index contributed by atoms with van der Waals surface area (Å²) in [5.74, 6) is -1.37. The highest BCUT2D eigenvalue weighted by Gasteiger charge is 2.37. The maximum atomic E-state index is 12.0. The van der Waals surface area contributed by atoms with Crippen LogP contribution < -0.4 is 9.47 Å². The zero-order chi connectivity index (χ0) is 19.2. The van der Waals surface area contributed by atoms with Crippen LogP contribution in [0.1, 0.15) is 46.0 Å². The fourth-order valence-electron chi connectivity index (χ4n) is 2.81. The minimum Gasteiger partial charge on any atom is -0.485 e. The Morgan fingerprint density at radius 2 is 1.62 bits per heavy atom. The number of carbonyl (C=O) groups is 3. The first-order valence-electron chi connectivity index (χ1n) is 8.72. The van der Waals surface area contributed by atoms with Crippen molar-refractivity contribution in [1.29, 1.82) is 0 Å². The van der Waals surface area contributed by atoms with Crippen LogP contribution in [0.5, 0.6) is 11.5 Å². The molecule has 1 fully saturated rings. The molecule has 0 heterocycles. The maximum Gasteiger partial charge on any atom is 0.378 e. The summed E-state index contributed by atoms with van der Waals surface area (Å²) in [6.07, 6.45) is 4.32. The van der Waals surface area contributed by atoms with E-state index in [9.17, 15) is 14.4 Å². The molecule has 0 spiro atoms. The summed E-state index contributed by atoms with van der Waals surface area (Å²) in [6.45, 7) is 6.62. The molecule has 0 bridgehead atoms. The molecule has 0 aromatic heterocycles. The van der Waals surface area contributed by atoms with Gasteiger partial charge in [0.1, 0.15) is 17.1 Å². The van der Waals surface area contributed by atoms with E-state index in [-0.39, 0.29) is 0 Å². The van der Waals surface area contributed by atoms with Crippen molar-refractivity contribution in [3.8, 4) is 11.5 Å². The molecular formula is C20H24O6. The van der Waals surface area contributed by atoms with Gasteiger partial charge in [-0.2, -0.15) is 0 Å². The fourth-order valence-corrected chi connectivity index (χ4v) is 2.81. The molecule has 2 rings (SSSR count). The topological polar surface area (TPSA) is 78.9 Å². The number of ketones is 1. The van der Waals surface area contributed by atoms with E-state index in [2.05, 4.69) is 6.58 Å². The average molecular weight is 360 g/mol. The molecule has 0 atom stereocenters. The van der Waals surface area contributed by atoms with Gasteiger partial charge in [-0.25, -0.2) is 9.59 Å². The third-order valence-corrected chi connectivity index (χ3v) is 4.45. The van der Waals surface area contributed by atoms with Crippen molar-refractivity contribution in [2.75, 3.05) is 6.61 Å². The molecule has 0 N–H and O–H groups in total. The number of hydrogen-bond acceptors (Lipinski definition) is 6. The van der Waals surface area contributed by atoms with Crippen LogP contribution in [0.25, 0.3) is 0 Å². The zero-order valence-electron chi connectivity index (χ0n) is 15.2. The van der Waals surface area contributed by atoms with Crippen molar-refractivity contribution >= 4 is 17.7 Å². The van der Waals surface area contributed by atoms with E-state index < -0.39 is 29.9 Å². The number of esters is 2. The number of rotatable bonds is 8. The van der Waals surface area contributed by atoms with E-state index in [1.54, 1.807) is 19.1 Å². The lowest BCUT2D eigenvalue weighted by atomic mass is 9.99. The second-order valence-corrected chi connectivity index (χ2v) is 6.49. The lowest BCUT2D eigenvalue weighted by Crippen LogP contribution is -2.36. The fraction of sp³-hybridized carbons (Fsp3) is 0.450. The standard InChI is InChI=1S/C20H24O6/c1-4-20(11-5-6-12-20)26-19(23)17(21)13-24-15-7-9-16(10-8-15)25-18(22)14(2)3/h7-10H,2,4-6,11-13H2,1,3H3. The predicted octanol–water partition coefficient (Wildman–Crippen LogP) is 3.38. The predicted molar refractivity (Wildman–Crippen MR) is 95.0 cm³/mol. The van der Waals surface area contributed by atoms with Gasteiger partial charge in [0, 0.05) is 5.57 Å². The molecule has 0 amide bonds. The molecule has 140 valence electrons. The maximum absolute atomic E-state index is 12.0. The Hall–Kier alpha value is -2.63. The third kappa shape index (κ3) is 5.18. The molecule has 0 aliphatic heterocycles. The van der Waals surface area contributed by atoms with E-state index in [0.717, 1.165) is 25.7 Å². The van der Waals surface area contributed by atoms with Crippen LogP contribution in [0.2, 0.25) is 0 Å². The molecule has 1 aromatic carbocycles. The Labute approximate surface area is 153 Å². The first-order valence-corrected chi connectivity index (χ1v) is 8.72. The smallest absolute Gasteiger partial charge is 0.378 e. The Balaban J connectivity index is 1.84. The van der Waals surface area contributed by atoms with Crippen LogP contribution in [-0.2, 0) is 19.1 Å². The van der Waals surface area contributed by atoms with Crippen LogP contribution in [0, 0.1) is 0 Å². The second-order valence-electron chi connectivity index (χ2n) is 6.49. The van der Waals surface area contributed by atoms with Gasteiger partial charge in [-0.05, 0) is 63.3 Å². The Bertz CT molecular complexity index is 683. The monoisotopic (exact) mass is 360 g/mol. The van der Waals surface area contributed by atoms with Gasteiger partial charge >= 0.3 is 11.9 Å². The van der Waals surface area contributed by atoms with Crippen LogP contribution in [0.3, 0.4) is 0 Å². The number of ether oxygens (including phenoxy) is 3. The van der Waals surface area contributed by atoms with Gasteiger partial charge < -0.3 is 14.2 Å². The van der Waals surface area contributed by atoms with E-state index in [4.69, 9.17) is 14.2 Å². The lowest BCUT2D eigenvalue weighted by Gasteiger charge is -2.27. The van der Waals surface area contributed by atoms with Crippen molar-refractivity contribution in [1.82, 2.24) is 0 Å². The van der Waals surface area contributed by atoms with Gasteiger partial charge in [-0.3, -0.25) is 4.79 Å². The highest BCUT2D eigenvalue weighted by molar-refractivity contribution is 6.34. The number of hydrogen-bond donors (Lipinski definition) is 0. The van der Waals surface area contributed by atoms with Gasteiger partial charge in [0.05, 0.1) is 0 Å². The van der Waals surface area contributed by atoms with Gasteiger partial charge in [0.25, 0.3) is 5.78 Å². The Kier molecular flexibility index (Phi) is 6.55. The first-order chi connectivity index (χ1) is 12.3. The van der Waals surface area contributed by atoms with Gasteiger partial charge in [-0.1, -0.05) is 13.5 Å². The summed E-state index contributed by atoms with van der Waals surface area (Å²) < 4.78 is 15.8. The van der Waals surface area contributed by atoms with E-state index in [1.807, 2.05) is 6.92 Å². The van der Waals surface area contributed by atoms with Crippen molar-refractivity contribution in [2.45, 2.75) is 51.6 Å². The molecular weight excluding hydrogens is 336 g/mol. The van der Waals surface area contributed by atoms with Crippen molar-refractivity contribution < 1.29 is 28.6 Å². The van der Waals surface area contributed by atoms with Gasteiger partial charge in [-0.15, -0.1) is 0 Å². The quantitative estimate of drug-likeness (QED) is 0.306. The van der Waals surface area contributed by atoms with Crippen molar-refractivity contribution in [2.24, 2.45) is 0 Å². The average Bonchev–Trinajstić information content (AvgIpc) is 3.09. The van der Waals surface area contributed by atoms with Gasteiger partial charge in [0.15, 0.2) is 6.61 Å². The molecule has 1 saturated carbocycles. The van der Waals surface area contributed by atoms with Crippen molar-refractivity contribution in [3.63, 3.8) is 0 Å². The van der Waals surface area contributed by atoms with Gasteiger partial charge in [0.2, 0.25) is 0 Å². The summed E-state index contributed by atoms with van der Waals surface area (Å²) >= 11 is 0. The van der Waals surface area contributed by atoms with E-state index >= 15 is 0 Å². The number of benzene rings is 1. The Morgan fingerprint density at radius 3 is 2.15 bits per heavy atom. The highest BCUT2D eigenvalue weighted by atomic mass is 16.6. The van der Waals surface area contributed by atoms with Crippen LogP contribution in [-0.4, -0.2) is 29.9 Å². The summed E-state index contributed by atoms with van der Waals surface area (Å²) in [4.78, 5) is 35.4. The van der Waals surface area contributed by atoms with E-state index in [0.29, 0.717) is 23.5 Å². The number of Topliss-reactive ketones (excluding diaryl/α,β-unsaturated/α-hetero) is 1. The van der Waals surface area contributed by atoms with Crippen molar-refractivity contribution in [3.05, 3.63) is 36.4 Å². The minimum atomic E-state index is -0.847. The SMILES string of the molecule is C=C(C)C(=O)Oc1ccc(OCC(=O)C(=O)OC2(CC)CCCC2)cc1. The molecule has 0 saturated heterocycles. The summed E-state index contributed by atoms with van der Waals surface area (Å²) in [6, 6.07) is 6.15. The molecule has 6 heteroatoms. The molecule has 1 aromatic rings. The second kappa shape index (κ2) is 8.65. The van der Waals surface area contributed by atoms with Crippen LogP contribution >= 0.6 is 0 Å². The lowest BCUT2D eigenvalue weighted by molar-refractivity contribution is -0.167. The number of carbonyl (C=O) groups excluding carboxylic acids is 3. The summed E-state index contributed by atoms with van der Waals surface area (Å²) in [7, 11) is 0. The largest absolute Gasteiger partial charge is 0.485 e. The molecule has 0 radical (unpaired) electrons. The molecule has 6 nitrogen and oxygen atoms in total. The minimum absolute atomic E-state index is 0.293. The Morgan fingerprint density at radius 1 is 1.04 bits per heavy atom. The third-order valence-electron chi connectivity index (χ3n) is 4.45. The van der Waals surface area contributed by atoms with Crippen LogP contribution in [0.4, 0.5) is 0 Å². The normalized spacial score (nSPS) is 15.2. The highest BCUT2D eigenvalue weighted by Crippen LogP contribution is 2.36. The zero-order valence-corrected chi connectivity index (χ0v) is 15.2. The first kappa shape index (κ1) is 19.7. The summed E-state index contributed by atoms with van der Waals surface area (Å²) in [5.41, 5.74) is -0.205. The molecule has 1 aliphatic rings. The van der Waals surface area contributed by atoms with E-state index in [1.165, 1.54) is 12.1 Å². The molecule has 0 unspecified atom stereocenters. The van der Waals surface area contributed by atoms with Crippen LogP contribution in [0.15, 0.2) is 36.4 Å². The summed E-state index contributed by atoms with van der Waals surface area (Å²) in [5, 5.41) is 0. The molecule has 26 heavy (non-hydrogen) atoms. The molecule has 1 aliphatic carbocycles.